The number of methoxy groups -OCH3 is 1. The summed E-state index contributed by atoms with van der Waals surface area (Å²) in [6, 6.07) is 14.0. The second-order valence-electron chi connectivity index (χ2n) is 6.51. The molecule has 0 radical (unpaired) electrons. The highest BCUT2D eigenvalue weighted by molar-refractivity contribution is 5.90. The van der Waals surface area contributed by atoms with Crippen LogP contribution < -0.4 is 4.90 Å². The summed E-state index contributed by atoms with van der Waals surface area (Å²) in [7, 11) is 3.02. The van der Waals surface area contributed by atoms with Gasteiger partial charge in [0.2, 0.25) is 0 Å². The molecule has 0 amide bonds. The van der Waals surface area contributed by atoms with E-state index in [1.165, 1.54) is 19.2 Å². The van der Waals surface area contributed by atoms with Gasteiger partial charge in [-0.3, -0.25) is 0 Å². The number of aryl methyl sites for hydroxylation is 1. The zero-order valence-corrected chi connectivity index (χ0v) is 16.6. The van der Waals surface area contributed by atoms with Crippen LogP contribution in [0.1, 0.15) is 21.6 Å². The molecule has 0 aliphatic rings. The van der Waals surface area contributed by atoms with E-state index in [4.69, 9.17) is 4.98 Å². The molecule has 29 heavy (non-hydrogen) atoms. The van der Waals surface area contributed by atoms with Crippen LogP contribution in [0.3, 0.4) is 0 Å². The summed E-state index contributed by atoms with van der Waals surface area (Å²) < 4.78 is 19.1. The van der Waals surface area contributed by atoms with Crippen LogP contribution in [0.15, 0.2) is 61.2 Å². The van der Waals surface area contributed by atoms with Gasteiger partial charge in [0.15, 0.2) is 5.82 Å². The molecule has 3 rings (SSSR count). The van der Waals surface area contributed by atoms with Gasteiger partial charge in [-0.2, -0.15) is 0 Å². The molecule has 0 fully saturated rings. The average molecular weight is 391 g/mol. The van der Waals surface area contributed by atoms with E-state index < -0.39 is 11.8 Å². The van der Waals surface area contributed by atoms with Crippen molar-refractivity contribution in [2.24, 2.45) is 0 Å². The first-order valence-corrected chi connectivity index (χ1v) is 9.11. The van der Waals surface area contributed by atoms with Gasteiger partial charge in [-0.05, 0) is 31.5 Å². The Balaban J connectivity index is 2.10. The number of anilines is 2. The molecule has 0 bridgehead atoms. The molecule has 1 aromatic heterocycles. The molecule has 0 unspecified atom stereocenters. The average Bonchev–Trinajstić information content (AvgIpc) is 2.74. The predicted molar refractivity (Wildman–Crippen MR) is 112 cm³/mol. The smallest absolute Gasteiger partial charge is 0.340 e. The number of allylic oxidation sites excluding steroid dienone is 1. The van der Waals surface area contributed by atoms with Crippen molar-refractivity contribution >= 4 is 17.5 Å². The SMILES string of the molecule is C=CCc1c(C)nc(-c2ccccc2)nc1N(C)c1ccc(C(=O)OC)c(F)c1. The molecule has 6 heteroatoms. The number of aromatic nitrogens is 2. The van der Waals surface area contributed by atoms with Gasteiger partial charge in [0.25, 0.3) is 0 Å². The van der Waals surface area contributed by atoms with Gasteiger partial charge < -0.3 is 9.64 Å². The van der Waals surface area contributed by atoms with Gasteiger partial charge in [0, 0.05) is 29.6 Å². The first-order chi connectivity index (χ1) is 14.0. The number of carbonyl (C=O) groups excluding carboxylic acids is 1. The minimum absolute atomic E-state index is 0.111. The Morgan fingerprint density at radius 1 is 1.21 bits per heavy atom. The molecule has 0 atom stereocenters. The lowest BCUT2D eigenvalue weighted by molar-refractivity contribution is 0.0595. The zero-order chi connectivity index (χ0) is 21.0. The van der Waals surface area contributed by atoms with Crippen molar-refractivity contribution < 1.29 is 13.9 Å². The molecular weight excluding hydrogens is 369 g/mol. The van der Waals surface area contributed by atoms with Crippen LogP contribution in [-0.4, -0.2) is 30.1 Å². The number of carbonyl (C=O) groups is 1. The normalized spacial score (nSPS) is 10.5. The Morgan fingerprint density at radius 2 is 1.93 bits per heavy atom. The quantitative estimate of drug-likeness (QED) is 0.443. The van der Waals surface area contributed by atoms with E-state index in [9.17, 15) is 9.18 Å². The highest BCUT2D eigenvalue weighted by Crippen LogP contribution is 2.31. The van der Waals surface area contributed by atoms with E-state index in [0.717, 1.165) is 16.8 Å². The topological polar surface area (TPSA) is 55.3 Å². The number of hydrogen-bond acceptors (Lipinski definition) is 5. The summed E-state index contributed by atoms with van der Waals surface area (Å²) >= 11 is 0. The van der Waals surface area contributed by atoms with Crippen molar-refractivity contribution in [2.75, 3.05) is 19.1 Å². The second-order valence-corrected chi connectivity index (χ2v) is 6.51. The number of halogens is 1. The van der Waals surface area contributed by atoms with E-state index in [1.54, 1.807) is 24.1 Å². The van der Waals surface area contributed by atoms with E-state index in [2.05, 4.69) is 16.3 Å². The lowest BCUT2D eigenvalue weighted by Crippen LogP contribution is -2.17. The lowest BCUT2D eigenvalue weighted by atomic mass is 10.1. The van der Waals surface area contributed by atoms with E-state index in [0.29, 0.717) is 23.8 Å². The van der Waals surface area contributed by atoms with Gasteiger partial charge >= 0.3 is 5.97 Å². The van der Waals surface area contributed by atoms with Crippen molar-refractivity contribution in [1.29, 1.82) is 0 Å². The fourth-order valence-electron chi connectivity index (χ4n) is 3.07. The first-order valence-electron chi connectivity index (χ1n) is 9.11. The van der Waals surface area contributed by atoms with Crippen LogP contribution in [-0.2, 0) is 11.2 Å². The number of hydrogen-bond donors (Lipinski definition) is 0. The van der Waals surface area contributed by atoms with E-state index in [1.807, 2.05) is 37.3 Å². The summed E-state index contributed by atoms with van der Waals surface area (Å²) in [5.74, 6) is -0.125. The molecule has 3 aromatic rings. The molecule has 1 heterocycles. The molecule has 0 saturated carbocycles. The van der Waals surface area contributed by atoms with Crippen LogP contribution in [0.2, 0.25) is 0 Å². The van der Waals surface area contributed by atoms with Crippen LogP contribution >= 0.6 is 0 Å². The summed E-state index contributed by atoms with van der Waals surface area (Å²) in [4.78, 5) is 22.8. The van der Waals surface area contributed by atoms with Gasteiger partial charge in [-0.1, -0.05) is 36.4 Å². The van der Waals surface area contributed by atoms with Crippen molar-refractivity contribution in [3.63, 3.8) is 0 Å². The highest BCUT2D eigenvalue weighted by Gasteiger charge is 2.19. The Morgan fingerprint density at radius 3 is 2.55 bits per heavy atom. The Kier molecular flexibility index (Phi) is 6.02. The van der Waals surface area contributed by atoms with Crippen molar-refractivity contribution in [3.8, 4) is 11.4 Å². The van der Waals surface area contributed by atoms with Crippen molar-refractivity contribution in [3.05, 3.63) is 83.8 Å². The molecule has 0 N–H and O–H groups in total. The third kappa shape index (κ3) is 4.16. The largest absolute Gasteiger partial charge is 0.465 e. The molecule has 0 aliphatic heterocycles. The van der Waals surface area contributed by atoms with E-state index in [-0.39, 0.29) is 5.56 Å². The van der Waals surface area contributed by atoms with Crippen LogP contribution in [0.5, 0.6) is 0 Å². The summed E-state index contributed by atoms with van der Waals surface area (Å²) in [5, 5.41) is 0. The van der Waals surface area contributed by atoms with Crippen molar-refractivity contribution in [1.82, 2.24) is 9.97 Å². The second kappa shape index (κ2) is 8.65. The fourth-order valence-corrected chi connectivity index (χ4v) is 3.07. The predicted octanol–water partition coefficient (Wildman–Crippen LogP) is 4.87. The van der Waals surface area contributed by atoms with Crippen molar-refractivity contribution in [2.45, 2.75) is 13.3 Å². The summed E-state index contributed by atoms with van der Waals surface area (Å²) in [5.41, 5.74) is 3.06. The minimum Gasteiger partial charge on any atom is -0.465 e. The van der Waals surface area contributed by atoms with Gasteiger partial charge in [0.05, 0.1) is 12.7 Å². The number of esters is 1. The molecule has 2 aromatic carbocycles. The minimum atomic E-state index is -0.715. The molecular formula is C23H22FN3O2. The molecule has 5 nitrogen and oxygen atoms in total. The zero-order valence-electron chi connectivity index (χ0n) is 16.6. The third-order valence-electron chi connectivity index (χ3n) is 4.64. The Labute approximate surface area is 169 Å². The Hall–Kier alpha value is -3.54. The van der Waals surface area contributed by atoms with Gasteiger partial charge in [0.1, 0.15) is 11.6 Å². The molecule has 0 aliphatic carbocycles. The maximum Gasteiger partial charge on any atom is 0.340 e. The Bertz CT molecular complexity index is 1050. The molecule has 0 spiro atoms. The first kappa shape index (κ1) is 20.2. The standard InChI is InChI=1S/C23H22FN3O2/c1-5-9-18-15(2)25-21(16-10-7-6-8-11-16)26-22(18)27(3)17-12-13-19(20(24)14-17)23(28)29-4/h5-8,10-14H,1,9H2,2-4H3. The molecule has 148 valence electrons. The van der Waals surface area contributed by atoms with Crippen LogP contribution in [0, 0.1) is 12.7 Å². The highest BCUT2D eigenvalue weighted by atomic mass is 19.1. The number of ether oxygens (including phenoxy) is 1. The number of benzene rings is 2. The number of nitrogens with zero attached hydrogens (tertiary/aromatic N) is 3. The van der Waals surface area contributed by atoms with Crippen LogP contribution in [0.4, 0.5) is 15.9 Å². The molecule has 0 saturated heterocycles. The number of rotatable bonds is 6. The third-order valence-corrected chi connectivity index (χ3v) is 4.64. The summed E-state index contributed by atoms with van der Waals surface area (Å²) in [6.07, 6.45) is 2.36. The maximum absolute atomic E-state index is 14.5. The van der Waals surface area contributed by atoms with Gasteiger partial charge in [-0.15, -0.1) is 6.58 Å². The lowest BCUT2D eigenvalue weighted by Gasteiger charge is -2.23. The van der Waals surface area contributed by atoms with Gasteiger partial charge in [-0.25, -0.2) is 19.2 Å². The monoisotopic (exact) mass is 391 g/mol. The maximum atomic E-state index is 14.5. The van der Waals surface area contributed by atoms with Crippen LogP contribution in [0.25, 0.3) is 11.4 Å². The fraction of sp³-hybridized carbons (Fsp3) is 0.174. The van der Waals surface area contributed by atoms with E-state index >= 15 is 0 Å². The summed E-state index contributed by atoms with van der Waals surface area (Å²) in [6.45, 7) is 5.74.